The smallest absolute Gasteiger partial charge is 0.231 e. The summed E-state index contributed by atoms with van der Waals surface area (Å²) in [7, 11) is 0. The zero-order valence-corrected chi connectivity index (χ0v) is 14.5. The second-order valence-corrected chi connectivity index (χ2v) is 6.96. The number of likely N-dealkylation sites (tertiary alicyclic amines) is 2. The number of nitrogens with zero attached hydrogens (tertiary/aromatic N) is 4. The largest absolute Gasteiger partial charge is 0.342 e. The van der Waals surface area contributed by atoms with Crippen LogP contribution in [0.4, 0.5) is 0 Å². The molecule has 7 nitrogen and oxygen atoms in total. The second-order valence-electron chi connectivity index (χ2n) is 6.96. The maximum absolute atomic E-state index is 12.7. The molecular weight excluding hydrogens is 308 g/mol. The van der Waals surface area contributed by atoms with E-state index in [0.29, 0.717) is 31.1 Å². The van der Waals surface area contributed by atoms with Crippen LogP contribution >= 0.6 is 0 Å². The van der Waals surface area contributed by atoms with Crippen molar-refractivity contribution < 1.29 is 14.1 Å². The molecular formula is C17H26N4O3. The Bertz CT molecular complexity index is 600. The van der Waals surface area contributed by atoms with Crippen molar-refractivity contribution >= 4 is 11.8 Å². The Kier molecular flexibility index (Phi) is 5.16. The van der Waals surface area contributed by atoms with Gasteiger partial charge in [-0.05, 0) is 39.5 Å². The van der Waals surface area contributed by atoms with Crippen molar-refractivity contribution in [2.75, 3.05) is 19.6 Å². The van der Waals surface area contributed by atoms with Crippen LogP contribution in [0.3, 0.4) is 0 Å². The van der Waals surface area contributed by atoms with Crippen molar-refractivity contribution in [2.24, 2.45) is 0 Å². The number of hydrogen-bond acceptors (Lipinski definition) is 5. The van der Waals surface area contributed by atoms with Gasteiger partial charge in [0.15, 0.2) is 5.82 Å². The molecule has 0 saturated carbocycles. The number of hydrogen-bond donors (Lipinski definition) is 0. The highest BCUT2D eigenvalue weighted by atomic mass is 16.5. The highest BCUT2D eigenvalue weighted by molar-refractivity contribution is 5.80. The van der Waals surface area contributed by atoms with Gasteiger partial charge in [0.1, 0.15) is 0 Å². The van der Waals surface area contributed by atoms with E-state index in [9.17, 15) is 9.59 Å². The predicted molar refractivity (Wildman–Crippen MR) is 87.2 cm³/mol. The first-order valence-electron chi connectivity index (χ1n) is 8.92. The van der Waals surface area contributed by atoms with E-state index >= 15 is 0 Å². The van der Waals surface area contributed by atoms with E-state index < -0.39 is 0 Å². The third-order valence-corrected chi connectivity index (χ3v) is 5.03. The topological polar surface area (TPSA) is 79.5 Å². The molecule has 0 aliphatic carbocycles. The molecule has 132 valence electrons. The summed E-state index contributed by atoms with van der Waals surface area (Å²) in [4.78, 5) is 32.7. The first-order valence-corrected chi connectivity index (χ1v) is 8.92. The molecule has 1 aromatic heterocycles. The molecule has 3 rings (SSSR count). The minimum atomic E-state index is -0.0312. The summed E-state index contributed by atoms with van der Waals surface area (Å²) in [5.41, 5.74) is 0. The van der Waals surface area contributed by atoms with E-state index in [4.69, 9.17) is 4.52 Å². The molecule has 1 aromatic rings. The molecule has 0 aromatic carbocycles. The van der Waals surface area contributed by atoms with Gasteiger partial charge in [0, 0.05) is 38.5 Å². The number of rotatable bonds is 4. The van der Waals surface area contributed by atoms with Gasteiger partial charge in [-0.3, -0.25) is 9.59 Å². The second kappa shape index (κ2) is 7.32. The fraction of sp³-hybridized carbons (Fsp3) is 0.765. The first kappa shape index (κ1) is 16.9. The maximum atomic E-state index is 12.7. The van der Waals surface area contributed by atoms with Gasteiger partial charge in [-0.2, -0.15) is 4.98 Å². The zero-order chi connectivity index (χ0) is 17.1. The number of aryl methyl sites for hydroxylation is 1. The van der Waals surface area contributed by atoms with E-state index in [0.717, 1.165) is 38.8 Å². The Balaban J connectivity index is 1.57. The number of piperidine rings is 2. The third kappa shape index (κ3) is 3.76. The summed E-state index contributed by atoms with van der Waals surface area (Å²) in [5, 5.41) is 3.85. The molecule has 2 fully saturated rings. The van der Waals surface area contributed by atoms with Gasteiger partial charge in [0.05, 0.1) is 5.92 Å². The van der Waals surface area contributed by atoms with Gasteiger partial charge in [0.25, 0.3) is 0 Å². The summed E-state index contributed by atoms with van der Waals surface area (Å²) in [6.07, 6.45) is 4.91. The minimum absolute atomic E-state index is 0.0312. The lowest BCUT2D eigenvalue weighted by atomic mass is 9.97. The van der Waals surface area contributed by atoms with Crippen molar-refractivity contribution in [1.82, 2.24) is 19.9 Å². The molecule has 24 heavy (non-hydrogen) atoms. The molecule has 3 heterocycles. The molecule has 7 heteroatoms. The van der Waals surface area contributed by atoms with Gasteiger partial charge >= 0.3 is 0 Å². The van der Waals surface area contributed by atoms with Crippen molar-refractivity contribution in [3.63, 3.8) is 0 Å². The first-order chi connectivity index (χ1) is 11.5. The van der Waals surface area contributed by atoms with Crippen molar-refractivity contribution in [1.29, 1.82) is 0 Å². The Morgan fingerprint density at radius 3 is 2.88 bits per heavy atom. The van der Waals surface area contributed by atoms with Crippen LogP contribution in [0.1, 0.15) is 63.1 Å². The van der Waals surface area contributed by atoms with Gasteiger partial charge in [0.2, 0.25) is 17.7 Å². The van der Waals surface area contributed by atoms with Crippen LogP contribution in [-0.4, -0.2) is 57.4 Å². The number of aromatic nitrogens is 2. The van der Waals surface area contributed by atoms with Crippen LogP contribution in [0.5, 0.6) is 0 Å². The van der Waals surface area contributed by atoms with Gasteiger partial charge < -0.3 is 14.3 Å². The average molecular weight is 334 g/mol. The molecule has 2 aliphatic rings. The average Bonchev–Trinajstić information content (AvgIpc) is 3.02. The molecule has 0 radical (unpaired) electrons. The minimum Gasteiger partial charge on any atom is -0.342 e. The lowest BCUT2D eigenvalue weighted by molar-refractivity contribution is -0.139. The molecule has 2 atom stereocenters. The van der Waals surface area contributed by atoms with Gasteiger partial charge in [-0.1, -0.05) is 5.16 Å². The van der Waals surface area contributed by atoms with E-state index in [2.05, 4.69) is 10.1 Å². The molecule has 2 aliphatic heterocycles. The van der Waals surface area contributed by atoms with Crippen LogP contribution in [-0.2, 0) is 9.59 Å². The molecule has 0 bridgehead atoms. The quantitative estimate of drug-likeness (QED) is 0.840. The summed E-state index contributed by atoms with van der Waals surface area (Å²) >= 11 is 0. The third-order valence-electron chi connectivity index (χ3n) is 5.03. The normalized spacial score (nSPS) is 23.4. The summed E-state index contributed by atoms with van der Waals surface area (Å²) < 4.78 is 5.27. The molecule has 0 N–H and O–H groups in total. The van der Waals surface area contributed by atoms with Crippen LogP contribution in [0.2, 0.25) is 0 Å². The number of amides is 2. The van der Waals surface area contributed by atoms with E-state index in [1.807, 2.05) is 16.7 Å². The Hall–Kier alpha value is -1.92. The maximum Gasteiger partial charge on any atom is 0.231 e. The van der Waals surface area contributed by atoms with Crippen LogP contribution in [0, 0.1) is 6.92 Å². The van der Waals surface area contributed by atoms with Gasteiger partial charge in [-0.15, -0.1) is 0 Å². The Labute approximate surface area is 142 Å². The van der Waals surface area contributed by atoms with Crippen molar-refractivity contribution in [3.8, 4) is 0 Å². The van der Waals surface area contributed by atoms with E-state index in [-0.39, 0.29) is 23.8 Å². The highest BCUT2D eigenvalue weighted by Crippen LogP contribution is 2.26. The predicted octanol–water partition coefficient (Wildman–Crippen LogP) is 1.88. The summed E-state index contributed by atoms with van der Waals surface area (Å²) in [6, 6.07) is -0.0312. The monoisotopic (exact) mass is 334 g/mol. The standard InChI is InChI=1S/C17H26N4O3/c1-12(21-9-4-3-7-15(21)22)10-16(23)20-8-5-6-14(11-20)17-18-13(2)19-24-17/h12,14H,3-11H2,1-2H3/t12-,14+/m0/s1. The number of carbonyl (C=O) groups excluding carboxylic acids is 2. The zero-order valence-electron chi connectivity index (χ0n) is 14.5. The van der Waals surface area contributed by atoms with Gasteiger partial charge in [-0.25, -0.2) is 0 Å². The van der Waals surface area contributed by atoms with Crippen LogP contribution < -0.4 is 0 Å². The van der Waals surface area contributed by atoms with Crippen molar-refractivity contribution in [2.45, 2.75) is 64.3 Å². The fourth-order valence-corrected chi connectivity index (χ4v) is 3.67. The molecule has 2 amide bonds. The number of carbonyl (C=O) groups is 2. The van der Waals surface area contributed by atoms with Crippen LogP contribution in [0.25, 0.3) is 0 Å². The lowest BCUT2D eigenvalue weighted by Gasteiger charge is -2.35. The Morgan fingerprint density at radius 1 is 1.33 bits per heavy atom. The fourth-order valence-electron chi connectivity index (χ4n) is 3.67. The molecule has 2 saturated heterocycles. The van der Waals surface area contributed by atoms with Crippen LogP contribution in [0.15, 0.2) is 4.52 Å². The van der Waals surface area contributed by atoms with E-state index in [1.165, 1.54) is 0 Å². The van der Waals surface area contributed by atoms with Crippen molar-refractivity contribution in [3.05, 3.63) is 11.7 Å². The molecule has 0 unspecified atom stereocenters. The SMILES string of the molecule is Cc1noc([C@@H]2CCCN(C(=O)C[C@H](C)N3CCCCC3=O)C2)n1. The summed E-state index contributed by atoms with van der Waals surface area (Å²) in [5.74, 6) is 1.67. The Morgan fingerprint density at radius 2 is 2.17 bits per heavy atom. The molecule has 0 spiro atoms. The summed E-state index contributed by atoms with van der Waals surface area (Å²) in [6.45, 7) is 5.95. The van der Waals surface area contributed by atoms with E-state index in [1.54, 1.807) is 6.92 Å². The lowest BCUT2D eigenvalue weighted by Crippen LogP contribution is -2.46. The highest BCUT2D eigenvalue weighted by Gasteiger charge is 2.31.